The molecule has 0 fully saturated rings. The third-order valence-corrected chi connectivity index (χ3v) is 6.41. The second-order valence-corrected chi connectivity index (χ2v) is 10.3. The monoisotopic (exact) mass is 491 g/mol. The summed E-state index contributed by atoms with van der Waals surface area (Å²) in [6.45, 7) is 9.39. The molecular formula is C29H51N2O4+. The van der Waals surface area contributed by atoms with Crippen molar-refractivity contribution in [3.05, 3.63) is 35.9 Å². The van der Waals surface area contributed by atoms with E-state index in [1.807, 2.05) is 6.07 Å². The van der Waals surface area contributed by atoms with Crippen LogP contribution in [-0.4, -0.2) is 56.4 Å². The molecule has 0 radical (unpaired) electrons. The van der Waals surface area contributed by atoms with Gasteiger partial charge in [-0.25, -0.2) is 4.79 Å². The van der Waals surface area contributed by atoms with Crippen molar-refractivity contribution in [1.82, 2.24) is 5.32 Å². The summed E-state index contributed by atoms with van der Waals surface area (Å²) >= 11 is 0. The van der Waals surface area contributed by atoms with Crippen LogP contribution >= 0.6 is 0 Å². The van der Waals surface area contributed by atoms with E-state index in [0.717, 1.165) is 24.1 Å². The predicted molar refractivity (Wildman–Crippen MR) is 143 cm³/mol. The van der Waals surface area contributed by atoms with Crippen molar-refractivity contribution < 1.29 is 23.5 Å². The summed E-state index contributed by atoms with van der Waals surface area (Å²) < 4.78 is 11.1. The van der Waals surface area contributed by atoms with Gasteiger partial charge in [-0.2, -0.15) is 0 Å². The van der Waals surface area contributed by atoms with E-state index in [9.17, 15) is 9.59 Å². The number of quaternary nitrogens is 1. The summed E-state index contributed by atoms with van der Waals surface area (Å²) in [7, 11) is 2.28. The van der Waals surface area contributed by atoms with Gasteiger partial charge in [0.15, 0.2) is 0 Å². The average Bonchev–Trinajstić information content (AvgIpc) is 2.83. The number of nitrogens with zero attached hydrogens (tertiary/aromatic N) is 1. The summed E-state index contributed by atoms with van der Waals surface area (Å²) in [5.41, 5.74) is 1.32. The SMILES string of the molecule is CCCCCCCCCCCC[N+](C)(CCNC(=O)OCCOC(=O)C(C)C)Cc1ccccc1. The van der Waals surface area contributed by atoms with Crippen molar-refractivity contribution in [3.8, 4) is 0 Å². The molecule has 1 aromatic carbocycles. The lowest BCUT2D eigenvalue weighted by Crippen LogP contribution is -2.48. The molecule has 0 aliphatic rings. The topological polar surface area (TPSA) is 64.6 Å². The number of carbonyl (C=O) groups is 2. The molecule has 0 aliphatic carbocycles. The minimum atomic E-state index is -0.462. The number of hydrogen-bond acceptors (Lipinski definition) is 4. The highest BCUT2D eigenvalue weighted by atomic mass is 16.6. The lowest BCUT2D eigenvalue weighted by molar-refractivity contribution is -0.921. The second kappa shape index (κ2) is 19.1. The Morgan fingerprint density at radius 1 is 0.829 bits per heavy atom. The van der Waals surface area contributed by atoms with E-state index in [2.05, 4.69) is 43.6 Å². The zero-order valence-corrected chi connectivity index (χ0v) is 22.9. The number of unbranched alkanes of at least 4 members (excludes halogenated alkanes) is 9. The first kappa shape index (κ1) is 31.0. The number of nitrogens with one attached hydrogen (secondary N) is 1. The molecule has 200 valence electrons. The third kappa shape index (κ3) is 16.3. The van der Waals surface area contributed by atoms with Crippen LogP contribution < -0.4 is 5.32 Å². The Morgan fingerprint density at radius 3 is 2.00 bits per heavy atom. The lowest BCUT2D eigenvalue weighted by Gasteiger charge is -2.35. The molecule has 0 saturated heterocycles. The molecule has 1 aromatic rings. The van der Waals surface area contributed by atoms with E-state index in [-0.39, 0.29) is 25.1 Å². The second-order valence-electron chi connectivity index (χ2n) is 10.3. The molecule has 0 bridgehead atoms. The van der Waals surface area contributed by atoms with E-state index in [4.69, 9.17) is 9.47 Å². The van der Waals surface area contributed by atoms with E-state index in [1.165, 1.54) is 69.8 Å². The standard InChI is InChI=1S/C29H50N2O4/c1-5-6-7-8-9-10-11-12-13-17-21-31(4,25-27-18-15-14-16-19-27)22-20-30-29(33)35-24-23-34-28(32)26(2)3/h14-16,18-19,26H,5-13,17,20-25H2,1-4H3/p+1. The van der Waals surface area contributed by atoms with Crippen LogP contribution in [0.2, 0.25) is 0 Å². The van der Waals surface area contributed by atoms with Gasteiger partial charge in [-0.3, -0.25) is 4.79 Å². The molecule has 1 rings (SSSR count). The maximum Gasteiger partial charge on any atom is 0.407 e. The Labute approximate surface area is 214 Å². The van der Waals surface area contributed by atoms with Gasteiger partial charge in [0.1, 0.15) is 19.8 Å². The molecule has 0 aromatic heterocycles. The van der Waals surface area contributed by atoms with Gasteiger partial charge >= 0.3 is 12.1 Å². The summed E-state index contributed by atoms with van der Waals surface area (Å²) in [6, 6.07) is 10.6. The van der Waals surface area contributed by atoms with Crippen LogP contribution in [0.25, 0.3) is 0 Å². The first-order valence-electron chi connectivity index (χ1n) is 13.8. The highest BCUT2D eigenvalue weighted by Crippen LogP contribution is 2.16. The Bertz CT molecular complexity index is 681. The number of carbonyl (C=O) groups excluding carboxylic acids is 2. The number of hydrogen-bond donors (Lipinski definition) is 1. The van der Waals surface area contributed by atoms with Gasteiger partial charge in [0.25, 0.3) is 0 Å². The van der Waals surface area contributed by atoms with E-state index in [0.29, 0.717) is 6.54 Å². The Kier molecular flexibility index (Phi) is 16.9. The molecule has 35 heavy (non-hydrogen) atoms. The summed E-state index contributed by atoms with van der Waals surface area (Å²) in [5, 5.41) is 2.86. The minimum absolute atomic E-state index is 0.0685. The van der Waals surface area contributed by atoms with Crippen LogP contribution in [0.5, 0.6) is 0 Å². The van der Waals surface area contributed by atoms with Crippen LogP contribution in [0.4, 0.5) is 4.79 Å². The van der Waals surface area contributed by atoms with Crippen molar-refractivity contribution in [1.29, 1.82) is 0 Å². The number of rotatable bonds is 20. The van der Waals surface area contributed by atoms with Crippen molar-refractivity contribution >= 4 is 12.1 Å². The van der Waals surface area contributed by atoms with Crippen molar-refractivity contribution in [2.75, 3.05) is 39.9 Å². The van der Waals surface area contributed by atoms with Crippen LogP contribution in [0.1, 0.15) is 90.5 Å². The van der Waals surface area contributed by atoms with E-state index in [1.54, 1.807) is 13.8 Å². The van der Waals surface area contributed by atoms with Gasteiger partial charge in [0.2, 0.25) is 0 Å². The highest BCUT2D eigenvalue weighted by molar-refractivity contribution is 5.71. The zero-order chi connectivity index (χ0) is 25.8. The smallest absolute Gasteiger partial charge is 0.407 e. The fraction of sp³-hybridized carbons (Fsp3) is 0.724. The van der Waals surface area contributed by atoms with E-state index >= 15 is 0 Å². The number of likely N-dealkylation sites (N-methyl/N-ethyl adjacent to an activating group) is 1. The molecule has 6 nitrogen and oxygen atoms in total. The third-order valence-electron chi connectivity index (χ3n) is 6.41. The molecular weight excluding hydrogens is 440 g/mol. The largest absolute Gasteiger partial charge is 0.462 e. The number of esters is 1. The molecule has 0 saturated carbocycles. The number of alkyl carbamates (subject to hydrolysis) is 1. The molecule has 6 heteroatoms. The number of amides is 1. The van der Waals surface area contributed by atoms with Crippen molar-refractivity contribution in [2.45, 2.75) is 91.5 Å². The van der Waals surface area contributed by atoms with Gasteiger partial charge in [-0.05, 0) is 12.8 Å². The summed E-state index contributed by atoms with van der Waals surface area (Å²) in [5.74, 6) is -0.464. The van der Waals surface area contributed by atoms with Crippen LogP contribution in [0.15, 0.2) is 30.3 Å². The van der Waals surface area contributed by atoms with Gasteiger partial charge in [-0.15, -0.1) is 0 Å². The maximum atomic E-state index is 12.0. The first-order valence-corrected chi connectivity index (χ1v) is 13.8. The quantitative estimate of drug-likeness (QED) is 0.129. The number of benzene rings is 1. The van der Waals surface area contributed by atoms with Crippen LogP contribution in [0.3, 0.4) is 0 Å². The highest BCUT2D eigenvalue weighted by Gasteiger charge is 2.22. The molecule has 0 heterocycles. The molecule has 1 amide bonds. The first-order chi connectivity index (χ1) is 16.9. The summed E-state index contributed by atoms with van der Waals surface area (Å²) in [4.78, 5) is 23.5. The predicted octanol–water partition coefficient (Wildman–Crippen LogP) is 6.48. The van der Waals surface area contributed by atoms with Crippen molar-refractivity contribution in [3.63, 3.8) is 0 Å². The maximum absolute atomic E-state index is 12.0. The van der Waals surface area contributed by atoms with Crippen molar-refractivity contribution in [2.24, 2.45) is 5.92 Å². The zero-order valence-electron chi connectivity index (χ0n) is 22.9. The number of ether oxygens (including phenoxy) is 2. The molecule has 1 atom stereocenters. The summed E-state index contributed by atoms with van der Waals surface area (Å²) in [6.07, 6.45) is 12.9. The van der Waals surface area contributed by atoms with Gasteiger partial charge < -0.3 is 19.3 Å². The fourth-order valence-electron chi connectivity index (χ4n) is 4.20. The average molecular weight is 492 g/mol. The molecule has 1 N–H and O–H groups in total. The van der Waals surface area contributed by atoms with E-state index < -0.39 is 6.09 Å². The Morgan fingerprint density at radius 2 is 1.40 bits per heavy atom. The Balaban J connectivity index is 2.34. The Hall–Kier alpha value is -2.08. The molecule has 0 aliphatic heterocycles. The lowest BCUT2D eigenvalue weighted by atomic mass is 10.1. The van der Waals surface area contributed by atoms with Gasteiger partial charge in [0.05, 0.1) is 32.6 Å². The normalized spacial score (nSPS) is 12.8. The van der Waals surface area contributed by atoms with Crippen LogP contribution in [-0.2, 0) is 20.8 Å². The molecule has 0 spiro atoms. The van der Waals surface area contributed by atoms with Gasteiger partial charge in [0, 0.05) is 5.56 Å². The minimum Gasteiger partial charge on any atom is -0.462 e. The van der Waals surface area contributed by atoms with Gasteiger partial charge in [-0.1, -0.05) is 102 Å². The van der Waals surface area contributed by atoms with Crippen LogP contribution in [0, 0.1) is 5.92 Å². The fourth-order valence-corrected chi connectivity index (χ4v) is 4.20. The molecule has 1 unspecified atom stereocenters.